The lowest BCUT2D eigenvalue weighted by Crippen LogP contribution is -1.95. The van der Waals surface area contributed by atoms with Gasteiger partial charge in [0.05, 0.1) is 18.2 Å². The molecule has 0 fully saturated rings. The van der Waals surface area contributed by atoms with Crippen molar-refractivity contribution in [2.75, 3.05) is 0 Å². The molecule has 0 bridgehead atoms. The highest BCUT2D eigenvalue weighted by Crippen LogP contribution is 2.21. The summed E-state index contributed by atoms with van der Waals surface area (Å²) >= 11 is 0. The van der Waals surface area contributed by atoms with Crippen molar-refractivity contribution in [3.05, 3.63) is 42.2 Å². The van der Waals surface area contributed by atoms with E-state index >= 15 is 0 Å². The molecule has 0 spiro atoms. The highest BCUT2D eigenvalue weighted by Gasteiger charge is 2.09. The molecular weight excluding hydrogens is 162 g/mol. The van der Waals surface area contributed by atoms with Gasteiger partial charge in [-0.25, -0.2) is 0 Å². The summed E-state index contributed by atoms with van der Waals surface area (Å²) in [6, 6.07) is 11.5. The molecule has 66 valence electrons. The van der Waals surface area contributed by atoms with Gasteiger partial charge in [-0.1, -0.05) is 30.3 Å². The first-order chi connectivity index (χ1) is 6.29. The van der Waals surface area contributed by atoms with Gasteiger partial charge in [-0.3, -0.25) is 0 Å². The van der Waals surface area contributed by atoms with E-state index in [4.69, 9.17) is 10.4 Å². The van der Waals surface area contributed by atoms with Crippen LogP contribution in [0.3, 0.4) is 0 Å². The summed E-state index contributed by atoms with van der Waals surface area (Å²) in [5.41, 5.74) is 1.54. The fourth-order valence-electron chi connectivity index (χ4n) is 1.14. The molecule has 2 heteroatoms. The number of allylic oxidation sites excluding steroid dienone is 1. The van der Waals surface area contributed by atoms with Gasteiger partial charge in [-0.15, -0.1) is 0 Å². The van der Waals surface area contributed by atoms with E-state index in [9.17, 15) is 0 Å². The zero-order valence-electron chi connectivity index (χ0n) is 7.44. The average Bonchev–Trinajstić information content (AvgIpc) is 2.20. The Bertz CT molecular complexity index is 335. The molecule has 0 aromatic heterocycles. The molecule has 1 aromatic rings. The molecule has 0 aliphatic carbocycles. The number of nitrogens with zero attached hydrogens (tertiary/aromatic N) is 1. The van der Waals surface area contributed by atoms with Crippen LogP contribution in [-0.2, 0) is 0 Å². The number of aliphatic hydroxyl groups excluding tert-OH is 1. The highest BCUT2D eigenvalue weighted by atomic mass is 16.2. The van der Waals surface area contributed by atoms with Crippen molar-refractivity contribution in [3.63, 3.8) is 0 Å². The van der Waals surface area contributed by atoms with Gasteiger partial charge < -0.3 is 5.11 Å². The SMILES string of the molecule is CC(C#N)/C(=C\O)c1ccccc1. The fraction of sp³-hybridized carbons (Fsp3) is 0.182. The Morgan fingerprint density at radius 1 is 1.46 bits per heavy atom. The smallest absolute Gasteiger partial charge is 0.0842 e. The molecule has 13 heavy (non-hydrogen) atoms. The van der Waals surface area contributed by atoms with Crippen LogP contribution in [0.2, 0.25) is 0 Å². The molecule has 0 saturated heterocycles. The van der Waals surface area contributed by atoms with Gasteiger partial charge >= 0.3 is 0 Å². The van der Waals surface area contributed by atoms with E-state index in [1.807, 2.05) is 30.3 Å². The van der Waals surface area contributed by atoms with E-state index in [0.29, 0.717) is 5.57 Å². The first-order valence-corrected chi connectivity index (χ1v) is 4.09. The van der Waals surface area contributed by atoms with Crippen LogP contribution in [-0.4, -0.2) is 5.11 Å². The quantitative estimate of drug-likeness (QED) is 0.699. The fourth-order valence-corrected chi connectivity index (χ4v) is 1.14. The van der Waals surface area contributed by atoms with Crippen LogP contribution in [0.4, 0.5) is 0 Å². The maximum Gasteiger partial charge on any atom is 0.0842 e. The van der Waals surface area contributed by atoms with Gasteiger partial charge in [0.15, 0.2) is 0 Å². The lowest BCUT2D eigenvalue weighted by Gasteiger charge is -2.06. The van der Waals surface area contributed by atoms with Gasteiger partial charge in [-0.2, -0.15) is 5.26 Å². The molecular formula is C11H11NO. The Labute approximate surface area is 77.8 Å². The van der Waals surface area contributed by atoms with Crippen LogP contribution < -0.4 is 0 Å². The Morgan fingerprint density at radius 2 is 2.08 bits per heavy atom. The normalized spacial score (nSPS) is 13.4. The van der Waals surface area contributed by atoms with E-state index < -0.39 is 0 Å². The van der Waals surface area contributed by atoms with Crippen LogP contribution in [0.1, 0.15) is 12.5 Å². The lowest BCUT2D eigenvalue weighted by atomic mass is 9.96. The maximum absolute atomic E-state index is 8.97. The Morgan fingerprint density at radius 3 is 2.54 bits per heavy atom. The summed E-state index contributed by atoms with van der Waals surface area (Å²) < 4.78 is 0. The molecule has 0 aliphatic rings. The summed E-state index contributed by atoms with van der Waals surface area (Å²) in [5.74, 6) is -0.285. The van der Waals surface area contributed by atoms with Crippen LogP contribution in [0.5, 0.6) is 0 Å². The third-order valence-corrected chi connectivity index (χ3v) is 1.91. The van der Waals surface area contributed by atoms with Crippen molar-refractivity contribution in [2.24, 2.45) is 5.92 Å². The van der Waals surface area contributed by atoms with Crippen molar-refractivity contribution < 1.29 is 5.11 Å². The maximum atomic E-state index is 8.97. The van der Waals surface area contributed by atoms with E-state index in [-0.39, 0.29) is 5.92 Å². The first kappa shape index (κ1) is 9.34. The van der Waals surface area contributed by atoms with Crippen LogP contribution >= 0.6 is 0 Å². The zero-order valence-corrected chi connectivity index (χ0v) is 7.44. The minimum absolute atomic E-state index is 0.285. The summed E-state index contributed by atoms with van der Waals surface area (Å²) in [7, 11) is 0. The van der Waals surface area contributed by atoms with E-state index in [2.05, 4.69) is 6.07 Å². The summed E-state index contributed by atoms with van der Waals surface area (Å²) in [6.07, 6.45) is 1.00. The standard InChI is InChI=1S/C11H11NO/c1-9(7-12)11(8-13)10-5-3-2-4-6-10/h2-6,8-9,13H,1H3/b11-8+. The number of rotatable bonds is 2. The van der Waals surface area contributed by atoms with Crippen molar-refractivity contribution in [2.45, 2.75) is 6.92 Å². The van der Waals surface area contributed by atoms with E-state index in [0.717, 1.165) is 11.8 Å². The minimum Gasteiger partial charge on any atom is -0.515 e. The van der Waals surface area contributed by atoms with Crippen molar-refractivity contribution >= 4 is 5.57 Å². The average molecular weight is 173 g/mol. The number of hydrogen-bond donors (Lipinski definition) is 1. The summed E-state index contributed by atoms with van der Waals surface area (Å²) in [6.45, 7) is 1.76. The Kier molecular flexibility index (Phi) is 3.10. The van der Waals surface area contributed by atoms with Crippen molar-refractivity contribution in [1.29, 1.82) is 5.26 Å². The topological polar surface area (TPSA) is 44.0 Å². The monoisotopic (exact) mass is 173 g/mol. The molecule has 2 nitrogen and oxygen atoms in total. The molecule has 1 N–H and O–H groups in total. The second-order valence-electron chi connectivity index (χ2n) is 2.80. The zero-order chi connectivity index (χ0) is 9.68. The van der Waals surface area contributed by atoms with Gasteiger partial charge in [0.1, 0.15) is 0 Å². The lowest BCUT2D eigenvalue weighted by molar-refractivity contribution is 0.473. The Hall–Kier alpha value is -1.75. The van der Waals surface area contributed by atoms with Gasteiger partial charge in [0, 0.05) is 5.57 Å². The molecule has 1 unspecified atom stereocenters. The number of benzene rings is 1. The van der Waals surface area contributed by atoms with Crippen LogP contribution in [0, 0.1) is 17.2 Å². The second kappa shape index (κ2) is 4.32. The third kappa shape index (κ3) is 2.09. The number of aliphatic hydroxyl groups is 1. The van der Waals surface area contributed by atoms with E-state index in [1.54, 1.807) is 6.92 Å². The first-order valence-electron chi connectivity index (χ1n) is 4.09. The predicted octanol–water partition coefficient (Wildman–Crippen LogP) is 2.75. The van der Waals surface area contributed by atoms with Gasteiger partial charge in [-0.05, 0) is 12.5 Å². The predicted molar refractivity (Wildman–Crippen MR) is 51.8 cm³/mol. The Balaban J connectivity index is 3.01. The molecule has 1 rings (SSSR count). The van der Waals surface area contributed by atoms with Gasteiger partial charge in [0.25, 0.3) is 0 Å². The molecule has 0 saturated carbocycles. The van der Waals surface area contributed by atoms with Crippen LogP contribution in [0.25, 0.3) is 5.57 Å². The largest absolute Gasteiger partial charge is 0.515 e. The van der Waals surface area contributed by atoms with Crippen LogP contribution in [0.15, 0.2) is 36.6 Å². The van der Waals surface area contributed by atoms with Gasteiger partial charge in [0.2, 0.25) is 0 Å². The third-order valence-electron chi connectivity index (χ3n) is 1.91. The summed E-state index contributed by atoms with van der Waals surface area (Å²) in [5, 5.41) is 17.7. The van der Waals surface area contributed by atoms with Crippen molar-refractivity contribution in [1.82, 2.24) is 0 Å². The molecule has 1 atom stereocenters. The number of nitriles is 1. The van der Waals surface area contributed by atoms with Crippen molar-refractivity contribution in [3.8, 4) is 6.07 Å². The highest BCUT2D eigenvalue weighted by molar-refractivity contribution is 5.67. The molecule has 0 radical (unpaired) electrons. The minimum atomic E-state index is -0.285. The molecule has 1 aromatic carbocycles. The number of hydrogen-bond acceptors (Lipinski definition) is 2. The molecule has 0 heterocycles. The second-order valence-corrected chi connectivity index (χ2v) is 2.80. The summed E-state index contributed by atoms with van der Waals surface area (Å²) in [4.78, 5) is 0. The van der Waals surface area contributed by atoms with E-state index in [1.165, 1.54) is 0 Å². The molecule has 0 aliphatic heterocycles. The molecule has 0 amide bonds.